The predicted molar refractivity (Wildman–Crippen MR) is 130 cm³/mol. The highest BCUT2D eigenvalue weighted by Crippen LogP contribution is 2.44. The first-order chi connectivity index (χ1) is 16.8. The fourth-order valence-corrected chi connectivity index (χ4v) is 4.82. The molecular formula is C27H32N2O6. The molecule has 3 atom stereocenters. The minimum atomic E-state index is -0.947. The van der Waals surface area contributed by atoms with Gasteiger partial charge in [-0.1, -0.05) is 62.4 Å². The van der Waals surface area contributed by atoms with Gasteiger partial charge in [0.1, 0.15) is 6.61 Å². The van der Waals surface area contributed by atoms with Crippen LogP contribution in [0.5, 0.6) is 0 Å². The first-order valence-corrected chi connectivity index (χ1v) is 12.1. The van der Waals surface area contributed by atoms with E-state index in [1.54, 1.807) is 0 Å². The lowest BCUT2D eigenvalue weighted by Gasteiger charge is -2.22. The lowest BCUT2D eigenvalue weighted by atomic mass is 9.98. The summed E-state index contributed by atoms with van der Waals surface area (Å²) in [7, 11) is 0. The molecule has 0 radical (unpaired) electrons. The van der Waals surface area contributed by atoms with Crippen molar-refractivity contribution in [3.05, 3.63) is 59.7 Å². The van der Waals surface area contributed by atoms with Crippen molar-refractivity contribution in [2.75, 3.05) is 19.8 Å². The number of hydrogen-bond donors (Lipinski definition) is 3. The Kier molecular flexibility index (Phi) is 7.70. The molecule has 0 saturated carbocycles. The molecule has 1 aliphatic heterocycles. The summed E-state index contributed by atoms with van der Waals surface area (Å²) in [6.45, 7) is 4.46. The van der Waals surface area contributed by atoms with Crippen molar-refractivity contribution in [3.8, 4) is 11.1 Å². The van der Waals surface area contributed by atoms with Gasteiger partial charge in [-0.05, 0) is 34.6 Å². The first-order valence-electron chi connectivity index (χ1n) is 12.1. The Bertz CT molecular complexity index is 1040. The van der Waals surface area contributed by atoms with E-state index < -0.39 is 18.1 Å². The molecule has 1 aliphatic carbocycles. The Hall–Kier alpha value is -3.39. The monoisotopic (exact) mass is 480 g/mol. The van der Waals surface area contributed by atoms with Gasteiger partial charge in [0, 0.05) is 18.5 Å². The van der Waals surface area contributed by atoms with Crippen LogP contribution in [0.1, 0.15) is 43.7 Å². The molecule has 0 spiro atoms. The zero-order chi connectivity index (χ0) is 24.9. The SMILES string of the molecule is CC(C)C(CC(=O)O)NC(=O)[C@@H]1CO[C@H](CNC(=O)OCC2c3ccccc3-c3ccccc32)C1. The third kappa shape index (κ3) is 5.82. The number of alkyl carbamates (subject to hydrolysis) is 1. The molecule has 3 N–H and O–H groups in total. The summed E-state index contributed by atoms with van der Waals surface area (Å²) in [5.74, 6) is -1.54. The van der Waals surface area contributed by atoms with Crippen molar-refractivity contribution in [1.82, 2.24) is 10.6 Å². The van der Waals surface area contributed by atoms with Gasteiger partial charge in [-0.25, -0.2) is 4.79 Å². The minimum Gasteiger partial charge on any atom is -0.481 e. The Morgan fingerprint density at radius 2 is 1.69 bits per heavy atom. The predicted octanol–water partition coefficient (Wildman–Crippen LogP) is 3.55. The van der Waals surface area contributed by atoms with E-state index in [9.17, 15) is 14.4 Å². The largest absolute Gasteiger partial charge is 0.481 e. The molecule has 2 aliphatic rings. The number of aliphatic carboxylic acids is 1. The molecule has 2 aromatic carbocycles. The third-order valence-corrected chi connectivity index (χ3v) is 6.80. The van der Waals surface area contributed by atoms with Gasteiger partial charge < -0.3 is 25.2 Å². The highest BCUT2D eigenvalue weighted by molar-refractivity contribution is 5.80. The molecule has 2 amide bonds. The van der Waals surface area contributed by atoms with Crippen molar-refractivity contribution in [2.24, 2.45) is 11.8 Å². The number of carboxylic acid groups (broad SMARTS) is 1. The molecule has 0 bridgehead atoms. The number of benzene rings is 2. The third-order valence-electron chi connectivity index (χ3n) is 6.80. The van der Waals surface area contributed by atoms with Gasteiger partial charge in [0.2, 0.25) is 5.91 Å². The van der Waals surface area contributed by atoms with Gasteiger partial charge in [0.05, 0.1) is 25.0 Å². The lowest BCUT2D eigenvalue weighted by Crippen LogP contribution is -2.43. The molecule has 1 unspecified atom stereocenters. The molecule has 1 saturated heterocycles. The summed E-state index contributed by atoms with van der Waals surface area (Å²) < 4.78 is 11.2. The van der Waals surface area contributed by atoms with Crippen LogP contribution >= 0.6 is 0 Å². The van der Waals surface area contributed by atoms with Crippen molar-refractivity contribution < 1.29 is 29.0 Å². The smallest absolute Gasteiger partial charge is 0.407 e. The number of amides is 2. The van der Waals surface area contributed by atoms with Gasteiger partial charge in [0.25, 0.3) is 0 Å². The summed E-state index contributed by atoms with van der Waals surface area (Å²) in [6, 6.07) is 15.9. The van der Waals surface area contributed by atoms with Crippen molar-refractivity contribution >= 4 is 18.0 Å². The van der Waals surface area contributed by atoms with Crippen LogP contribution in [0.25, 0.3) is 11.1 Å². The number of hydrogen-bond acceptors (Lipinski definition) is 5. The highest BCUT2D eigenvalue weighted by atomic mass is 16.5. The van der Waals surface area contributed by atoms with Crippen LogP contribution in [0.15, 0.2) is 48.5 Å². The maximum atomic E-state index is 12.6. The van der Waals surface area contributed by atoms with E-state index in [2.05, 4.69) is 34.9 Å². The second-order valence-corrected chi connectivity index (χ2v) is 9.55. The fourth-order valence-electron chi connectivity index (χ4n) is 4.82. The van der Waals surface area contributed by atoms with Crippen LogP contribution in [-0.4, -0.2) is 55.0 Å². The molecule has 1 heterocycles. The second-order valence-electron chi connectivity index (χ2n) is 9.55. The number of nitrogens with one attached hydrogen (secondary N) is 2. The normalized spacial score (nSPS) is 19.6. The quantitative estimate of drug-likeness (QED) is 0.506. The standard InChI is InChI=1S/C27H32N2O6/c1-16(2)24(12-25(30)31)29-26(32)17-11-18(34-14-17)13-28-27(33)35-15-23-21-9-5-3-7-19(21)20-8-4-6-10-22(20)23/h3-10,16-18,23-24H,11-15H2,1-2H3,(H,28,33)(H,29,32)(H,30,31)/t17-,18-,24?/m0/s1. The zero-order valence-electron chi connectivity index (χ0n) is 20.0. The average molecular weight is 481 g/mol. The van der Waals surface area contributed by atoms with Crippen molar-refractivity contribution in [3.63, 3.8) is 0 Å². The van der Waals surface area contributed by atoms with E-state index in [4.69, 9.17) is 14.6 Å². The van der Waals surface area contributed by atoms with Gasteiger partial charge in [-0.15, -0.1) is 0 Å². The second kappa shape index (κ2) is 10.9. The maximum Gasteiger partial charge on any atom is 0.407 e. The molecule has 0 aromatic heterocycles. The Morgan fingerprint density at radius 3 is 2.29 bits per heavy atom. The van der Waals surface area contributed by atoms with Gasteiger partial charge in [-0.3, -0.25) is 9.59 Å². The van der Waals surface area contributed by atoms with Crippen LogP contribution in [0.4, 0.5) is 4.79 Å². The van der Waals surface area contributed by atoms with E-state index in [0.29, 0.717) is 6.42 Å². The Morgan fingerprint density at radius 1 is 1.06 bits per heavy atom. The molecule has 35 heavy (non-hydrogen) atoms. The maximum absolute atomic E-state index is 12.6. The molecule has 186 valence electrons. The molecule has 8 nitrogen and oxygen atoms in total. The van der Waals surface area contributed by atoms with Gasteiger partial charge in [0.15, 0.2) is 0 Å². The van der Waals surface area contributed by atoms with E-state index in [1.807, 2.05) is 38.1 Å². The van der Waals surface area contributed by atoms with E-state index in [1.165, 1.54) is 11.1 Å². The molecule has 8 heteroatoms. The first kappa shape index (κ1) is 24.7. The lowest BCUT2D eigenvalue weighted by molar-refractivity contribution is -0.138. The molecule has 2 aromatic rings. The number of fused-ring (bicyclic) bond motifs is 3. The summed E-state index contributed by atoms with van der Waals surface area (Å²) in [5.41, 5.74) is 4.64. The Labute approximate surface area is 205 Å². The fraction of sp³-hybridized carbons (Fsp3) is 0.444. The minimum absolute atomic E-state index is 0.00315. The van der Waals surface area contributed by atoms with E-state index in [0.717, 1.165) is 11.1 Å². The topological polar surface area (TPSA) is 114 Å². The van der Waals surface area contributed by atoms with Gasteiger partial charge >= 0.3 is 12.1 Å². The van der Waals surface area contributed by atoms with E-state index >= 15 is 0 Å². The van der Waals surface area contributed by atoms with Crippen molar-refractivity contribution in [1.29, 1.82) is 0 Å². The number of carbonyl (C=O) groups excluding carboxylic acids is 2. The Balaban J connectivity index is 1.24. The van der Waals surface area contributed by atoms with Crippen LogP contribution < -0.4 is 10.6 Å². The molecular weight excluding hydrogens is 448 g/mol. The summed E-state index contributed by atoms with van der Waals surface area (Å²) in [4.78, 5) is 36.0. The van der Waals surface area contributed by atoms with Crippen LogP contribution in [-0.2, 0) is 19.1 Å². The summed E-state index contributed by atoms with van der Waals surface area (Å²) in [6.07, 6.45) is -0.496. The van der Waals surface area contributed by atoms with Crippen LogP contribution in [0, 0.1) is 11.8 Å². The number of carbonyl (C=O) groups is 3. The number of rotatable bonds is 9. The number of carboxylic acids is 1. The van der Waals surface area contributed by atoms with Crippen molar-refractivity contribution in [2.45, 2.75) is 44.8 Å². The number of ether oxygens (including phenoxy) is 2. The summed E-state index contributed by atoms with van der Waals surface area (Å²) in [5, 5.41) is 14.6. The molecule has 1 fully saturated rings. The van der Waals surface area contributed by atoms with Gasteiger partial charge in [-0.2, -0.15) is 0 Å². The van der Waals surface area contributed by atoms with E-state index in [-0.39, 0.29) is 55.9 Å². The van der Waals surface area contributed by atoms with Crippen LogP contribution in [0.3, 0.4) is 0 Å². The molecule has 4 rings (SSSR count). The summed E-state index contributed by atoms with van der Waals surface area (Å²) >= 11 is 0. The zero-order valence-corrected chi connectivity index (χ0v) is 20.0. The van der Waals surface area contributed by atoms with Crippen LogP contribution in [0.2, 0.25) is 0 Å². The average Bonchev–Trinajstić information content (AvgIpc) is 3.44. The highest BCUT2D eigenvalue weighted by Gasteiger charge is 2.33.